The van der Waals surface area contributed by atoms with E-state index >= 15 is 9.59 Å². The van der Waals surface area contributed by atoms with Crippen LogP contribution in [0.1, 0.15) is 20.7 Å². The molecular formula is C56H44O4P2. The van der Waals surface area contributed by atoms with Crippen LogP contribution in [0.3, 0.4) is 0 Å². The van der Waals surface area contributed by atoms with E-state index in [1.54, 1.807) is 24.3 Å². The molecule has 0 aromatic heterocycles. The summed E-state index contributed by atoms with van der Waals surface area (Å²) in [6.07, 6.45) is 0. The van der Waals surface area contributed by atoms with E-state index in [0.717, 1.165) is 42.4 Å². The summed E-state index contributed by atoms with van der Waals surface area (Å²) in [6, 6.07) is 87.0. The van der Waals surface area contributed by atoms with Crippen molar-refractivity contribution in [1.29, 1.82) is 0 Å². The van der Waals surface area contributed by atoms with Crippen LogP contribution in [0.25, 0.3) is 0 Å². The van der Waals surface area contributed by atoms with Crippen LogP contribution >= 0.6 is 13.7 Å². The molecule has 0 bridgehead atoms. The molecule has 62 heavy (non-hydrogen) atoms. The van der Waals surface area contributed by atoms with Crippen LogP contribution in [0.5, 0.6) is 0 Å². The predicted octanol–water partition coefficient (Wildman–Crippen LogP) is 9.54. The molecule has 0 unspecified atom stereocenters. The first-order valence-corrected chi connectivity index (χ1v) is 24.9. The maximum absolute atomic E-state index is 15.8. The summed E-state index contributed by atoms with van der Waals surface area (Å²) >= 11 is 0. The SMILES string of the molecule is O=C(OP(c1ccccc1)(c1ccccc1)(c1ccccc1)c1ccccc1)c1ccccc1C(=O)OP(c1ccccc1)(c1ccccc1)(c1ccccc1)c1ccccc1. The molecule has 0 aliphatic carbocycles. The average molecular weight is 843 g/mol. The first-order chi connectivity index (χ1) is 30.5. The zero-order valence-corrected chi connectivity index (χ0v) is 35.7. The maximum atomic E-state index is 15.8. The molecule has 0 fully saturated rings. The second-order valence-electron chi connectivity index (χ2n) is 15.1. The summed E-state index contributed by atoms with van der Waals surface area (Å²) in [4.78, 5) is 31.6. The monoisotopic (exact) mass is 842 g/mol. The van der Waals surface area contributed by atoms with Gasteiger partial charge < -0.3 is 0 Å². The third-order valence-corrected chi connectivity index (χ3v) is 23.2. The Balaban J connectivity index is 1.31. The number of carbonyl (C=O) groups excluding carboxylic acids is 2. The molecule has 0 N–H and O–H groups in total. The third kappa shape index (κ3) is 6.14. The molecule has 0 radical (unpaired) electrons. The quantitative estimate of drug-likeness (QED) is 0.115. The van der Waals surface area contributed by atoms with Gasteiger partial charge in [0.25, 0.3) is 0 Å². The molecular weight excluding hydrogens is 799 g/mol. The molecule has 0 saturated carbocycles. The molecule has 302 valence electrons. The Morgan fingerprint density at radius 2 is 0.371 bits per heavy atom. The molecule has 0 heterocycles. The van der Waals surface area contributed by atoms with Crippen molar-refractivity contribution in [3.63, 3.8) is 0 Å². The zero-order valence-electron chi connectivity index (χ0n) is 33.9. The van der Waals surface area contributed by atoms with Crippen LogP contribution in [0.15, 0.2) is 267 Å². The molecule has 0 spiro atoms. The van der Waals surface area contributed by atoms with E-state index in [1.807, 2.05) is 243 Å². The molecule has 0 aliphatic rings. The Hall–Kier alpha value is -7.22. The molecule has 4 nitrogen and oxygen atoms in total. The van der Waals surface area contributed by atoms with Gasteiger partial charge in [0.2, 0.25) is 0 Å². The van der Waals surface area contributed by atoms with Crippen LogP contribution in [-0.4, -0.2) is 11.9 Å². The first-order valence-electron chi connectivity index (χ1n) is 20.6. The average Bonchev–Trinajstić information content (AvgIpc) is 3.37. The van der Waals surface area contributed by atoms with Crippen molar-refractivity contribution in [1.82, 2.24) is 0 Å². The molecule has 0 aliphatic heterocycles. The second-order valence-corrected chi connectivity index (χ2v) is 23.7. The summed E-state index contributed by atoms with van der Waals surface area (Å²) in [5.41, 5.74) is 0.174. The summed E-state index contributed by atoms with van der Waals surface area (Å²) in [6.45, 7) is -8.93. The van der Waals surface area contributed by atoms with Gasteiger partial charge in [0.1, 0.15) is 0 Å². The van der Waals surface area contributed by atoms with E-state index in [-0.39, 0.29) is 11.1 Å². The van der Waals surface area contributed by atoms with E-state index in [2.05, 4.69) is 0 Å². The molecule has 0 amide bonds. The van der Waals surface area contributed by atoms with Crippen LogP contribution in [0.2, 0.25) is 0 Å². The second kappa shape index (κ2) is 16.7. The summed E-state index contributed by atoms with van der Waals surface area (Å²) in [5.74, 6) is -1.32. The zero-order chi connectivity index (χ0) is 42.3. The number of hydrogen-bond donors (Lipinski definition) is 0. The molecule has 6 heteroatoms. The van der Waals surface area contributed by atoms with Crippen LogP contribution in [0, 0.1) is 0 Å². The summed E-state index contributed by atoms with van der Waals surface area (Å²) in [5, 5.41) is 6.68. The van der Waals surface area contributed by atoms with E-state index in [4.69, 9.17) is 9.05 Å². The molecule has 9 rings (SSSR count). The van der Waals surface area contributed by atoms with Crippen LogP contribution < -0.4 is 42.4 Å². The number of hydrogen-bond acceptors (Lipinski definition) is 4. The normalized spacial score (nSPS) is 12.7. The minimum absolute atomic E-state index is 0.0871. The van der Waals surface area contributed by atoms with Crippen molar-refractivity contribution in [3.05, 3.63) is 278 Å². The van der Waals surface area contributed by atoms with E-state index in [9.17, 15) is 0 Å². The van der Waals surface area contributed by atoms with Crippen molar-refractivity contribution in [2.75, 3.05) is 0 Å². The van der Waals surface area contributed by atoms with Gasteiger partial charge in [-0.05, 0) is 0 Å². The molecule has 9 aromatic rings. The van der Waals surface area contributed by atoms with Gasteiger partial charge in [-0.15, -0.1) is 0 Å². The Bertz CT molecular complexity index is 2390. The van der Waals surface area contributed by atoms with Gasteiger partial charge >= 0.3 is 365 Å². The van der Waals surface area contributed by atoms with Crippen molar-refractivity contribution < 1.29 is 18.6 Å². The van der Waals surface area contributed by atoms with Gasteiger partial charge in [-0.3, -0.25) is 0 Å². The third-order valence-electron chi connectivity index (χ3n) is 11.9. The minimum atomic E-state index is -4.47. The summed E-state index contributed by atoms with van der Waals surface area (Å²) < 4.78 is 15.1. The van der Waals surface area contributed by atoms with Crippen molar-refractivity contribution in [2.24, 2.45) is 0 Å². The predicted molar refractivity (Wildman–Crippen MR) is 260 cm³/mol. The first kappa shape index (κ1) is 40.2. The Morgan fingerprint density at radius 3 is 0.532 bits per heavy atom. The Kier molecular flexibility index (Phi) is 10.8. The fourth-order valence-electron chi connectivity index (χ4n) is 9.18. The topological polar surface area (TPSA) is 52.6 Å². The van der Waals surface area contributed by atoms with Gasteiger partial charge in [0, 0.05) is 0 Å². The van der Waals surface area contributed by atoms with Gasteiger partial charge in [-0.1, -0.05) is 0 Å². The van der Waals surface area contributed by atoms with E-state index < -0.39 is 25.6 Å². The number of rotatable bonds is 12. The fraction of sp³-hybridized carbons (Fsp3) is 0. The van der Waals surface area contributed by atoms with Crippen LogP contribution in [-0.2, 0) is 9.05 Å². The Morgan fingerprint density at radius 1 is 0.226 bits per heavy atom. The van der Waals surface area contributed by atoms with Gasteiger partial charge in [-0.25, -0.2) is 0 Å². The summed E-state index contributed by atoms with van der Waals surface area (Å²) in [7, 11) is 0. The van der Waals surface area contributed by atoms with E-state index in [0.29, 0.717) is 0 Å². The van der Waals surface area contributed by atoms with Gasteiger partial charge in [0.05, 0.1) is 0 Å². The number of benzene rings is 9. The standard InChI is InChI=1S/C56H44O4P2/c57-55(59-61(45-27-9-1-10-28-45,46-29-11-2-12-30-46,47-31-13-3-14-32-47)48-33-15-4-16-34-48)53-43-25-26-44-54(53)56(58)60-62(49-35-17-5-18-36-49,50-37-19-6-20-38-50,51-39-21-7-22-40-51)52-41-23-8-24-42-52/h1-44H. The Labute approximate surface area is 363 Å². The van der Waals surface area contributed by atoms with Gasteiger partial charge in [-0.2, -0.15) is 0 Å². The number of carbonyl (C=O) groups is 2. The van der Waals surface area contributed by atoms with Crippen molar-refractivity contribution in [2.45, 2.75) is 0 Å². The van der Waals surface area contributed by atoms with Crippen molar-refractivity contribution >= 4 is 68.0 Å². The van der Waals surface area contributed by atoms with Crippen molar-refractivity contribution in [3.8, 4) is 0 Å². The van der Waals surface area contributed by atoms with E-state index in [1.165, 1.54) is 0 Å². The molecule has 9 aromatic carbocycles. The van der Waals surface area contributed by atoms with Crippen LogP contribution in [0.4, 0.5) is 0 Å². The molecule has 0 saturated heterocycles. The molecule has 0 atom stereocenters. The fourth-order valence-corrected chi connectivity index (χ4v) is 20.4. The van der Waals surface area contributed by atoms with Gasteiger partial charge in [0.15, 0.2) is 0 Å².